The minimum Gasteiger partial charge on any atom is -1.00 e. The summed E-state index contributed by atoms with van der Waals surface area (Å²) in [6, 6.07) is 8.09. The first-order valence-corrected chi connectivity index (χ1v) is 6.07. The Labute approximate surface area is 118 Å². The topological polar surface area (TPSA) is 27.1 Å². The van der Waals surface area contributed by atoms with Gasteiger partial charge in [0.2, 0.25) is 0 Å². The second-order valence-corrected chi connectivity index (χ2v) is 4.42. The van der Waals surface area contributed by atoms with Crippen LogP contribution in [-0.4, -0.2) is 16.7 Å². The molecule has 1 aliphatic rings. The van der Waals surface area contributed by atoms with Crippen LogP contribution in [0.1, 0.15) is 18.7 Å². The Bertz CT molecular complexity index is 496. The van der Waals surface area contributed by atoms with Crippen molar-refractivity contribution in [3.05, 3.63) is 36.3 Å². The third-order valence-corrected chi connectivity index (χ3v) is 3.29. The third-order valence-electron chi connectivity index (χ3n) is 3.29. The van der Waals surface area contributed by atoms with E-state index in [9.17, 15) is 0 Å². The Hall–Kier alpha value is -1.29. The number of aromatic nitrogens is 2. The van der Waals surface area contributed by atoms with E-state index in [2.05, 4.69) is 22.9 Å². The lowest BCUT2D eigenvalue weighted by atomic mass is 10.2. The van der Waals surface area contributed by atoms with Crippen molar-refractivity contribution in [1.29, 1.82) is 0 Å². The summed E-state index contributed by atoms with van der Waals surface area (Å²) in [7, 11) is 1.68. The molecule has 2 heterocycles. The number of benzene rings is 1. The van der Waals surface area contributed by atoms with E-state index in [1.54, 1.807) is 7.11 Å². The molecule has 1 aromatic heterocycles. The highest BCUT2D eigenvalue weighted by Crippen LogP contribution is 2.24. The summed E-state index contributed by atoms with van der Waals surface area (Å²) < 4.78 is 7.44. The van der Waals surface area contributed by atoms with Crippen molar-refractivity contribution < 1.29 is 21.7 Å². The van der Waals surface area contributed by atoms with Crippen LogP contribution < -0.4 is 21.7 Å². The summed E-state index contributed by atoms with van der Waals surface area (Å²) in [5, 5.41) is 0. The number of hydrogen-bond donors (Lipinski definition) is 0. The molecule has 3 nitrogen and oxygen atoms in total. The molecule has 0 saturated heterocycles. The molecular weight excluding hydrogens is 292 g/mol. The number of imidazole rings is 1. The van der Waals surface area contributed by atoms with Crippen molar-refractivity contribution in [3.8, 4) is 17.0 Å². The van der Waals surface area contributed by atoms with E-state index in [4.69, 9.17) is 9.72 Å². The van der Waals surface area contributed by atoms with Gasteiger partial charge >= 0.3 is 0 Å². The molecule has 0 unspecified atom stereocenters. The lowest BCUT2D eigenvalue weighted by Crippen LogP contribution is -3.00. The summed E-state index contributed by atoms with van der Waals surface area (Å²) in [5.41, 5.74) is 2.23. The SMILES string of the molecule is COc1ccc(-c2cn3c(n2)CCCC3)cc1.[Br-]. The Morgan fingerprint density at radius 3 is 2.61 bits per heavy atom. The van der Waals surface area contributed by atoms with E-state index in [1.807, 2.05) is 12.1 Å². The molecule has 3 rings (SSSR count). The van der Waals surface area contributed by atoms with E-state index >= 15 is 0 Å². The van der Waals surface area contributed by atoms with E-state index < -0.39 is 0 Å². The van der Waals surface area contributed by atoms with Crippen molar-refractivity contribution >= 4 is 0 Å². The number of rotatable bonds is 2. The number of hydrogen-bond acceptors (Lipinski definition) is 2. The normalized spacial score (nSPS) is 13.6. The summed E-state index contributed by atoms with van der Waals surface area (Å²) in [5.74, 6) is 2.11. The molecule has 0 N–H and O–H groups in total. The van der Waals surface area contributed by atoms with Crippen LogP contribution in [0.2, 0.25) is 0 Å². The largest absolute Gasteiger partial charge is 1.00 e. The van der Waals surface area contributed by atoms with Gasteiger partial charge in [-0.25, -0.2) is 4.98 Å². The fourth-order valence-electron chi connectivity index (χ4n) is 2.31. The zero-order valence-electron chi connectivity index (χ0n) is 10.4. The Kier molecular flexibility index (Phi) is 4.07. The van der Waals surface area contributed by atoms with Gasteiger partial charge in [-0.15, -0.1) is 0 Å². The van der Waals surface area contributed by atoms with Crippen LogP contribution in [0.3, 0.4) is 0 Å². The van der Waals surface area contributed by atoms with Gasteiger partial charge in [-0.3, -0.25) is 0 Å². The van der Waals surface area contributed by atoms with Crippen molar-refractivity contribution in [3.63, 3.8) is 0 Å². The van der Waals surface area contributed by atoms with Gasteiger partial charge in [0, 0.05) is 24.7 Å². The number of methoxy groups -OCH3 is 1. The molecule has 1 aliphatic heterocycles. The number of halogens is 1. The third kappa shape index (κ3) is 2.43. The zero-order chi connectivity index (χ0) is 11.7. The maximum atomic E-state index is 5.16. The molecule has 18 heavy (non-hydrogen) atoms. The predicted molar refractivity (Wildman–Crippen MR) is 67.2 cm³/mol. The average molecular weight is 308 g/mol. The lowest BCUT2D eigenvalue weighted by molar-refractivity contribution is -0.00000386. The highest BCUT2D eigenvalue weighted by Gasteiger charge is 2.12. The molecule has 4 heteroatoms. The van der Waals surface area contributed by atoms with Gasteiger partial charge in [0.1, 0.15) is 11.6 Å². The molecule has 1 aromatic carbocycles. The summed E-state index contributed by atoms with van der Waals surface area (Å²) >= 11 is 0. The summed E-state index contributed by atoms with van der Waals surface area (Å²) in [4.78, 5) is 4.70. The minimum atomic E-state index is 0. The molecule has 0 fully saturated rings. The van der Waals surface area contributed by atoms with Gasteiger partial charge in [0.15, 0.2) is 0 Å². The van der Waals surface area contributed by atoms with Crippen LogP contribution in [0.5, 0.6) is 5.75 Å². The van der Waals surface area contributed by atoms with Crippen molar-refractivity contribution in [2.45, 2.75) is 25.8 Å². The van der Waals surface area contributed by atoms with E-state index in [-0.39, 0.29) is 17.0 Å². The quantitative estimate of drug-likeness (QED) is 0.775. The molecule has 0 spiro atoms. The van der Waals surface area contributed by atoms with Gasteiger partial charge in [-0.05, 0) is 37.1 Å². The number of ether oxygens (including phenoxy) is 1. The summed E-state index contributed by atoms with van der Waals surface area (Å²) in [6.07, 6.45) is 5.80. The van der Waals surface area contributed by atoms with E-state index in [0.717, 1.165) is 30.0 Å². The number of nitrogens with zero attached hydrogens (tertiary/aromatic N) is 2. The fraction of sp³-hybridized carbons (Fsp3) is 0.357. The standard InChI is InChI=1S/C14H16N2O.BrH/c1-17-12-7-5-11(6-8-12)13-10-16-9-3-2-4-14(16)15-13;/h5-8,10H,2-4,9H2,1H3;1H/p-1. The predicted octanol–water partition coefficient (Wildman–Crippen LogP) is -0.101. The first-order valence-electron chi connectivity index (χ1n) is 6.07. The van der Waals surface area contributed by atoms with Crippen LogP contribution in [0, 0.1) is 0 Å². The van der Waals surface area contributed by atoms with E-state index in [0.29, 0.717) is 0 Å². The molecule has 2 aromatic rings. The van der Waals surface area contributed by atoms with Gasteiger partial charge in [0.05, 0.1) is 12.8 Å². The second-order valence-electron chi connectivity index (χ2n) is 4.42. The summed E-state index contributed by atoms with van der Waals surface area (Å²) in [6.45, 7) is 1.11. The van der Waals surface area contributed by atoms with Crippen LogP contribution in [-0.2, 0) is 13.0 Å². The molecule has 96 valence electrons. The lowest BCUT2D eigenvalue weighted by Gasteiger charge is -2.11. The van der Waals surface area contributed by atoms with Gasteiger partial charge in [-0.1, -0.05) is 0 Å². The molecule has 0 radical (unpaired) electrons. The van der Waals surface area contributed by atoms with Crippen LogP contribution >= 0.6 is 0 Å². The van der Waals surface area contributed by atoms with Gasteiger partial charge in [0.25, 0.3) is 0 Å². The highest BCUT2D eigenvalue weighted by molar-refractivity contribution is 5.59. The van der Waals surface area contributed by atoms with Crippen LogP contribution in [0.25, 0.3) is 11.3 Å². The number of aryl methyl sites for hydroxylation is 2. The zero-order valence-corrected chi connectivity index (χ0v) is 12.0. The van der Waals surface area contributed by atoms with Crippen molar-refractivity contribution in [2.75, 3.05) is 7.11 Å². The van der Waals surface area contributed by atoms with Crippen molar-refractivity contribution in [2.24, 2.45) is 0 Å². The van der Waals surface area contributed by atoms with Gasteiger partial charge in [-0.2, -0.15) is 0 Å². The van der Waals surface area contributed by atoms with Crippen molar-refractivity contribution in [1.82, 2.24) is 9.55 Å². The Morgan fingerprint density at radius 1 is 1.17 bits per heavy atom. The van der Waals surface area contributed by atoms with E-state index in [1.165, 1.54) is 18.7 Å². The monoisotopic (exact) mass is 307 g/mol. The molecule has 0 amide bonds. The first kappa shape index (κ1) is 13.1. The highest BCUT2D eigenvalue weighted by atomic mass is 79.9. The molecular formula is C14H16BrN2O-. The van der Waals surface area contributed by atoms with Crippen LogP contribution in [0.4, 0.5) is 0 Å². The molecule has 0 saturated carbocycles. The number of fused-ring (bicyclic) bond motifs is 1. The first-order chi connectivity index (χ1) is 8.36. The smallest absolute Gasteiger partial charge is 0.118 e. The second kappa shape index (κ2) is 5.57. The molecule has 0 aliphatic carbocycles. The Balaban J connectivity index is 0.00000120. The molecule has 0 bridgehead atoms. The maximum absolute atomic E-state index is 5.16. The van der Waals surface area contributed by atoms with Gasteiger partial charge < -0.3 is 26.3 Å². The van der Waals surface area contributed by atoms with Crippen LogP contribution in [0.15, 0.2) is 30.5 Å². The fourth-order valence-corrected chi connectivity index (χ4v) is 2.31. The Morgan fingerprint density at radius 2 is 1.94 bits per heavy atom. The maximum Gasteiger partial charge on any atom is 0.118 e. The average Bonchev–Trinajstić information content (AvgIpc) is 2.82. The molecule has 0 atom stereocenters. The minimum absolute atomic E-state index is 0.